The Bertz CT molecular complexity index is 562. The molecule has 0 fully saturated rings. The second kappa shape index (κ2) is 6.91. The molecule has 1 atom stereocenters. The third-order valence-electron chi connectivity index (χ3n) is 3.48. The molecule has 0 aliphatic rings. The second-order valence-electron chi connectivity index (χ2n) is 5.26. The van der Waals surface area contributed by atoms with Crippen LogP contribution in [0.15, 0.2) is 30.3 Å². The highest BCUT2D eigenvalue weighted by Crippen LogP contribution is 2.28. The molecule has 0 saturated carbocycles. The first-order valence-corrected chi connectivity index (χ1v) is 7.95. The molecule has 3 heteroatoms. The highest BCUT2D eigenvalue weighted by Gasteiger charge is 2.11. The van der Waals surface area contributed by atoms with Gasteiger partial charge in [0.05, 0.1) is 0 Å². The number of hydrogen-bond donors (Lipinski definition) is 2. The fourth-order valence-electron chi connectivity index (χ4n) is 2.51. The maximum atomic E-state index is 8.91. The van der Waals surface area contributed by atoms with E-state index in [4.69, 9.17) is 5.11 Å². The summed E-state index contributed by atoms with van der Waals surface area (Å²) in [7, 11) is 0. The van der Waals surface area contributed by atoms with E-state index in [9.17, 15) is 0 Å². The van der Waals surface area contributed by atoms with Crippen molar-refractivity contribution in [2.75, 3.05) is 11.9 Å². The van der Waals surface area contributed by atoms with Gasteiger partial charge in [-0.3, -0.25) is 0 Å². The molecule has 1 unspecified atom stereocenters. The number of anilines is 1. The van der Waals surface area contributed by atoms with E-state index in [1.807, 2.05) is 11.3 Å². The van der Waals surface area contributed by atoms with Gasteiger partial charge < -0.3 is 10.4 Å². The quantitative estimate of drug-likeness (QED) is 0.822. The lowest BCUT2D eigenvalue weighted by atomic mass is 10.1. The van der Waals surface area contributed by atoms with Crippen molar-refractivity contribution in [2.24, 2.45) is 0 Å². The van der Waals surface area contributed by atoms with Crippen molar-refractivity contribution in [1.29, 1.82) is 0 Å². The predicted octanol–water partition coefficient (Wildman–Crippen LogP) is 4.46. The van der Waals surface area contributed by atoms with Crippen LogP contribution in [0.2, 0.25) is 0 Å². The number of aryl methyl sites for hydroxylation is 3. The largest absolute Gasteiger partial charge is 0.396 e. The summed E-state index contributed by atoms with van der Waals surface area (Å²) in [5.41, 5.74) is 3.80. The summed E-state index contributed by atoms with van der Waals surface area (Å²) in [6, 6.07) is 11.1. The number of benzene rings is 1. The van der Waals surface area contributed by atoms with Crippen molar-refractivity contribution in [2.45, 2.75) is 39.7 Å². The minimum Gasteiger partial charge on any atom is -0.396 e. The maximum absolute atomic E-state index is 8.91. The molecule has 1 aromatic heterocycles. The number of rotatable bonds is 6. The fraction of sp³-hybridized carbons (Fsp3) is 0.412. The summed E-state index contributed by atoms with van der Waals surface area (Å²) in [5, 5.41) is 12.5. The number of nitrogens with one attached hydrogen (secondary N) is 1. The molecular weight excluding hydrogens is 266 g/mol. The van der Waals surface area contributed by atoms with Gasteiger partial charge in [0.2, 0.25) is 0 Å². The Morgan fingerprint density at radius 1 is 1.25 bits per heavy atom. The van der Waals surface area contributed by atoms with E-state index in [0.717, 1.165) is 18.5 Å². The summed E-state index contributed by atoms with van der Waals surface area (Å²) in [5.74, 6) is 0. The average molecular weight is 289 g/mol. The smallest absolute Gasteiger partial charge is 0.0496 e. The van der Waals surface area contributed by atoms with Crippen molar-refractivity contribution >= 4 is 17.0 Å². The first-order chi connectivity index (χ1) is 9.60. The molecule has 2 nitrogen and oxygen atoms in total. The van der Waals surface area contributed by atoms with Crippen LogP contribution >= 0.6 is 11.3 Å². The molecule has 2 aromatic rings. The van der Waals surface area contributed by atoms with Crippen LogP contribution in [0.3, 0.4) is 0 Å². The summed E-state index contributed by atoms with van der Waals surface area (Å²) in [6.07, 6.45) is 1.75. The van der Waals surface area contributed by atoms with Crippen LogP contribution < -0.4 is 5.32 Å². The molecule has 20 heavy (non-hydrogen) atoms. The highest BCUT2D eigenvalue weighted by atomic mass is 32.1. The zero-order chi connectivity index (χ0) is 14.5. The van der Waals surface area contributed by atoms with Crippen molar-refractivity contribution in [3.63, 3.8) is 0 Å². The van der Waals surface area contributed by atoms with E-state index in [1.54, 1.807) is 0 Å². The Balaban J connectivity index is 2.07. The molecule has 0 amide bonds. The number of thiophene rings is 1. The van der Waals surface area contributed by atoms with Crippen LogP contribution in [-0.2, 0) is 6.42 Å². The molecule has 2 N–H and O–H groups in total. The third-order valence-corrected chi connectivity index (χ3v) is 4.46. The lowest BCUT2D eigenvalue weighted by Gasteiger charge is -2.16. The molecule has 0 aliphatic heterocycles. The van der Waals surface area contributed by atoms with Gasteiger partial charge >= 0.3 is 0 Å². The van der Waals surface area contributed by atoms with Crippen molar-refractivity contribution in [3.05, 3.63) is 51.2 Å². The molecule has 1 heterocycles. The molecule has 0 radical (unpaired) electrons. The van der Waals surface area contributed by atoms with Crippen LogP contribution in [0.4, 0.5) is 5.69 Å². The lowest BCUT2D eigenvalue weighted by molar-refractivity contribution is 0.288. The monoisotopic (exact) mass is 289 g/mol. The van der Waals surface area contributed by atoms with E-state index in [-0.39, 0.29) is 6.61 Å². The summed E-state index contributed by atoms with van der Waals surface area (Å²) < 4.78 is 0. The van der Waals surface area contributed by atoms with Crippen LogP contribution in [0.5, 0.6) is 0 Å². The SMILES string of the molecule is Cc1cc(C(C)Nc2cccc(CCCO)c2)c(C)s1. The van der Waals surface area contributed by atoms with Gasteiger partial charge in [0, 0.05) is 28.1 Å². The minimum absolute atomic E-state index is 0.251. The standard InChI is InChI=1S/C17H23NOS/c1-12-10-17(14(3)20-12)13(2)18-16-8-4-6-15(11-16)7-5-9-19/h4,6,8,10-11,13,18-19H,5,7,9H2,1-3H3. The van der Waals surface area contributed by atoms with Gasteiger partial charge in [-0.05, 0) is 62.9 Å². The van der Waals surface area contributed by atoms with Gasteiger partial charge in [-0.1, -0.05) is 12.1 Å². The zero-order valence-electron chi connectivity index (χ0n) is 12.4. The molecule has 0 spiro atoms. The Labute approximate surface area is 125 Å². The topological polar surface area (TPSA) is 32.3 Å². The van der Waals surface area contributed by atoms with Crippen LogP contribution in [-0.4, -0.2) is 11.7 Å². The normalized spacial score (nSPS) is 12.4. The predicted molar refractivity (Wildman–Crippen MR) is 87.7 cm³/mol. The van der Waals surface area contributed by atoms with Gasteiger partial charge in [0.1, 0.15) is 0 Å². The van der Waals surface area contributed by atoms with Gasteiger partial charge in [-0.2, -0.15) is 0 Å². The van der Waals surface area contributed by atoms with Gasteiger partial charge in [-0.25, -0.2) is 0 Å². The molecule has 108 valence electrons. The van der Waals surface area contributed by atoms with Crippen LogP contribution in [0.1, 0.15) is 40.3 Å². The first-order valence-electron chi connectivity index (χ1n) is 7.13. The zero-order valence-corrected chi connectivity index (χ0v) is 13.3. The maximum Gasteiger partial charge on any atom is 0.0496 e. The number of hydrogen-bond acceptors (Lipinski definition) is 3. The second-order valence-corrected chi connectivity index (χ2v) is 6.72. The molecule has 1 aromatic carbocycles. The first kappa shape index (κ1) is 15.1. The molecule has 2 rings (SSSR count). The Kier molecular flexibility index (Phi) is 5.21. The van der Waals surface area contributed by atoms with E-state index < -0.39 is 0 Å². The third kappa shape index (κ3) is 3.84. The summed E-state index contributed by atoms with van der Waals surface area (Å²) in [6.45, 7) is 6.79. The van der Waals surface area contributed by atoms with Gasteiger partial charge in [0.25, 0.3) is 0 Å². The van der Waals surface area contributed by atoms with E-state index in [1.165, 1.54) is 20.9 Å². The van der Waals surface area contributed by atoms with Gasteiger partial charge in [-0.15, -0.1) is 11.3 Å². The highest BCUT2D eigenvalue weighted by molar-refractivity contribution is 7.12. The van der Waals surface area contributed by atoms with Crippen LogP contribution in [0.25, 0.3) is 0 Å². The van der Waals surface area contributed by atoms with Crippen LogP contribution in [0, 0.1) is 13.8 Å². The van der Waals surface area contributed by atoms with E-state index in [0.29, 0.717) is 6.04 Å². The van der Waals surface area contributed by atoms with Gasteiger partial charge in [0.15, 0.2) is 0 Å². The number of aliphatic hydroxyl groups is 1. The summed E-state index contributed by atoms with van der Waals surface area (Å²) in [4.78, 5) is 2.75. The van der Waals surface area contributed by atoms with E-state index in [2.05, 4.69) is 56.4 Å². The lowest BCUT2D eigenvalue weighted by Crippen LogP contribution is -2.07. The summed E-state index contributed by atoms with van der Waals surface area (Å²) >= 11 is 1.85. The average Bonchev–Trinajstić information content (AvgIpc) is 2.76. The van der Waals surface area contributed by atoms with Crippen molar-refractivity contribution < 1.29 is 5.11 Å². The Morgan fingerprint density at radius 2 is 2.05 bits per heavy atom. The van der Waals surface area contributed by atoms with E-state index >= 15 is 0 Å². The number of aliphatic hydroxyl groups excluding tert-OH is 1. The Hall–Kier alpha value is -1.32. The Morgan fingerprint density at radius 3 is 2.70 bits per heavy atom. The fourth-order valence-corrected chi connectivity index (χ4v) is 3.53. The molecule has 0 bridgehead atoms. The van der Waals surface area contributed by atoms with Crippen molar-refractivity contribution in [3.8, 4) is 0 Å². The van der Waals surface area contributed by atoms with Crippen molar-refractivity contribution in [1.82, 2.24) is 0 Å². The minimum atomic E-state index is 0.251. The molecule has 0 saturated heterocycles. The molecule has 0 aliphatic carbocycles. The molecular formula is C17H23NOS.